The highest BCUT2D eigenvalue weighted by molar-refractivity contribution is 5.67. The smallest absolute Gasteiger partial charge is 0.132 e. The van der Waals surface area contributed by atoms with Gasteiger partial charge in [0.1, 0.15) is 6.73 Å². The molecule has 0 aromatic heterocycles. The Morgan fingerprint density at radius 2 is 2.17 bits per heavy atom. The average Bonchev–Trinajstić information content (AvgIpc) is 2.10. The molecule has 4 heteroatoms. The first-order chi connectivity index (χ1) is 5.85. The second kappa shape index (κ2) is 7.97. The summed E-state index contributed by atoms with van der Waals surface area (Å²) in [5.41, 5.74) is 2.91. The van der Waals surface area contributed by atoms with Gasteiger partial charge in [-0.3, -0.25) is 5.01 Å². The molecule has 0 radical (unpaired) electrons. The van der Waals surface area contributed by atoms with E-state index < -0.39 is 0 Å². The summed E-state index contributed by atoms with van der Waals surface area (Å²) in [6, 6.07) is 0. The number of hydrogen-bond donors (Lipinski definition) is 2. The Balaban J connectivity index is 3.74. The van der Waals surface area contributed by atoms with E-state index in [4.69, 9.17) is 10.1 Å². The fraction of sp³-hybridized carbons (Fsp3) is 0.375. The van der Waals surface area contributed by atoms with Gasteiger partial charge >= 0.3 is 0 Å². The summed E-state index contributed by atoms with van der Waals surface area (Å²) in [6.45, 7) is 0.491. The van der Waals surface area contributed by atoms with Crippen molar-refractivity contribution in [2.75, 3.05) is 20.9 Å². The Bertz CT molecular complexity index is 166. The van der Waals surface area contributed by atoms with Gasteiger partial charge in [-0.15, -0.1) is 0 Å². The molecule has 2 N–H and O–H groups in total. The Morgan fingerprint density at radius 1 is 1.42 bits per heavy atom. The number of ether oxygens (including phenoxy) is 1. The summed E-state index contributed by atoms with van der Waals surface area (Å²) < 4.78 is 4.90. The minimum Gasteiger partial charge on any atom is -0.363 e. The fourth-order valence-corrected chi connectivity index (χ4v) is 0.594. The highest BCUT2D eigenvalue weighted by Gasteiger charge is 1.89. The second-order valence-corrected chi connectivity index (χ2v) is 2.00. The third-order valence-electron chi connectivity index (χ3n) is 1.14. The van der Waals surface area contributed by atoms with Crippen LogP contribution in [0.1, 0.15) is 0 Å². The monoisotopic (exact) mass is 169 g/mol. The van der Waals surface area contributed by atoms with Crippen LogP contribution in [0.2, 0.25) is 0 Å². The Kier molecular flexibility index (Phi) is 7.22. The van der Waals surface area contributed by atoms with Gasteiger partial charge in [-0.1, -0.05) is 6.08 Å². The molecule has 12 heavy (non-hydrogen) atoms. The number of nitrogens with zero attached hydrogens (tertiary/aromatic N) is 1. The Labute approximate surface area is 73.0 Å². The van der Waals surface area contributed by atoms with Crippen LogP contribution in [-0.2, 0) is 4.74 Å². The number of nitrogens with one attached hydrogen (secondary N) is 2. The molecular weight excluding hydrogens is 154 g/mol. The number of hydrazine groups is 1. The van der Waals surface area contributed by atoms with E-state index in [-0.39, 0.29) is 0 Å². The lowest BCUT2D eigenvalue weighted by Gasteiger charge is -2.16. The fourth-order valence-electron chi connectivity index (χ4n) is 0.594. The van der Waals surface area contributed by atoms with E-state index in [9.17, 15) is 0 Å². The maximum absolute atomic E-state index is 6.71. The van der Waals surface area contributed by atoms with E-state index in [2.05, 4.69) is 5.43 Å². The summed E-state index contributed by atoms with van der Waals surface area (Å²) in [5.74, 6) is 0. The largest absolute Gasteiger partial charge is 0.363 e. The van der Waals surface area contributed by atoms with E-state index in [1.54, 1.807) is 24.3 Å². The van der Waals surface area contributed by atoms with Crippen LogP contribution in [0.4, 0.5) is 0 Å². The first-order valence-electron chi connectivity index (χ1n) is 3.62. The van der Waals surface area contributed by atoms with E-state index in [0.29, 0.717) is 6.73 Å². The topological polar surface area (TPSA) is 48.4 Å². The van der Waals surface area contributed by atoms with Crippen molar-refractivity contribution in [3.63, 3.8) is 0 Å². The number of hydrogen-bond acceptors (Lipinski definition) is 4. The zero-order chi connectivity index (χ0) is 9.23. The summed E-state index contributed by atoms with van der Waals surface area (Å²) in [4.78, 5) is 0. The van der Waals surface area contributed by atoms with Crippen molar-refractivity contribution >= 4 is 6.21 Å². The van der Waals surface area contributed by atoms with Gasteiger partial charge in [0.2, 0.25) is 0 Å². The first-order valence-corrected chi connectivity index (χ1v) is 3.62. The molecule has 0 fully saturated rings. The molecular formula is C8H15N3O. The van der Waals surface area contributed by atoms with Crippen molar-refractivity contribution in [2.45, 2.75) is 0 Å². The summed E-state index contributed by atoms with van der Waals surface area (Å²) in [5, 5.41) is 8.49. The third kappa shape index (κ3) is 5.64. The van der Waals surface area contributed by atoms with Gasteiger partial charge in [0.15, 0.2) is 0 Å². The van der Waals surface area contributed by atoms with Gasteiger partial charge in [-0.25, -0.2) is 5.43 Å². The molecule has 0 aliphatic carbocycles. The van der Waals surface area contributed by atoms with Crippen molar-refractivity contribution in [3.8, 4) is 0 Å². The lowest BCUT2D eigenvalue weighted by Crippen LogP contribution is -2.31. The predicted molar refractivity (Wildman–Crippen MR) is 49.8 cm³/mol. The van der Waals surface area contributed by atoms with Crippen LogP contribution < -0.4 is 5.43 Å². The summed E-state index contributed by atoms with van der Waals surface area (Å²) in [7, 11) is 3.44. The highest BCUT2D eigenvalue weighted by atomic mass is 16.5. The van der Waals surface area contributed by atoms with Gasteiger partial charge in [-0.05, 0) is 12.2 Å². The molecule has 0 aromatic carbocycles. The van der Waals surface area contributed by atoms with Crippen LogP contribution in [0.3, 0.4) is 0 Å². The van der Waals surface area contributed by atoms with Crippen molar-refractivity contribution in [1.82, 2.24) is 10.4 Å². The lowest BCUT2D eigenvalue weighted by atomic mass is 10.5. The van der Waals surface area contributed by atoms with Crippen LogP contribution in [0.15, 0.2) is 24.4 Å². The second-order valence-electron chi connectivity index (χ2n) is 2.00. The quantitative estimate of drug-likeness (QED) is 0.267. The van der Waals surface area contributed by atoms with Crippen LogP contribution in [0, 0.1) is 5.41 Å². The maximum atomic E-state index is 6.71. The number of allylic oxidation sites excluding steroid dienone is 3. The molecule has 0 heterocycles. The Hall–Kier alpha value is -1.13. The predicted octanol–water partition coefficient (Wildman–Crippen LogP) is 0.746. The molecule has 0 amide bonds. The van der Waals surface area contributed by atoms with E-state index in [1.807, 2.05) is 19.3 Å². The van der Waals surface area contributed by atoms with Gasteiger partial charge in [-0.2, -0.15) is 0 Å². The minimum absolute atomic E-state index is 0.491. The van der Waals surface area contributed by atoms with Gasteiger partial charge < -0.3 is 10.1 Å². The van der Waals surface area contributed by atoms with E-state index >= 15 is 0 Å². The Morgan fingerprint density at radius 3 is 2.67 bits per heavy atom. The number of rotatable bonds is 6. The van der Waals surface area contributed by atoms with Crippen LogP contribution in [0.5, 0.6) is 0 Å². The molecule has 0 aliphatic heterocycles. The SMILES string of the molecule is CNN(/C=C/C=C\C=N)COC. The zero-order valence-electron chi connectivity index (χ0n) is 7.45. The molecule has 0 saturated heterocycles. The first kappa shape index (κ1) is 10.9. The standard InChI is InChI=1S/C8H15N3O/c1-10-11(8-12-2)7-5-3-4-6-9/h3-7,9-10H,8H2,1-2H3/b4-3-,7-5+,9-6?. The highest BCUT2D eigenvalue weighted by Crippen LogP contribution is 1.84. The molecule has 0 unspecified atom stereocenters. The van der Waals surface area contributed by atoms with Gasteiger partial charge in [0, 0.05) is 26.6 Å². The van der Waals surface area contributed by atoms with Crippen LogP contribution in [0.25, 0.3) is 0 Å². The average molecular weight is 169 g/mol. The van der Waals surface area contributed by atoms with Crippen LogP contribution >= 0.6 is 0 Å². The molecule has 0 aliphatic rings. The normalized spacial score (nSPS) is 11.2. The molecule has 4 nitrogen and oxygen atoms in total. The van der Waals surface area contributed by atoms with Crippen molar-refractivity contribution in [2.24, 2.45) is 0 Å². The molecule has 0 bridgehead atoms. The number of methoxy groups -OCH3 is 1. The molecule has 0 saturated carbocycles. The lowest BCUT2D eigenvalue weighted by molar-refractivity contribution is 0.0704. The van der Waals surface area contributed by atoms with Crippen LogP contribution in [-0.4, -0.2) is 32.1 Å². The van der Waals surface area contributed by atoms with Crippen molar-refractivity contribution in [3.05, 3.63) is 24.4 Å². The van der Waals surface area contributed by atoms with Gasteiger partial charge in [0.25, 0.3) is 0 Å². The molecule has 0 aromatic rings. The summed E-state index contributed by atoms with van der Waals surface area (Å²) >= 11 is 0. The van der Waals surface area contributed by atoms with E-state index in [0.717, 1.165) is 0 Å². The maximum Gasteiger partial charge on any atom is 0.132 e. The van der Waals surface area contributed by atoms with E-state index in [1.165, 1.54) is 6.21 Å². The zero-order valence-corrected chi connectivity index (χ0v) is 7.45. The molecule has 0 spiro atoms. The minimum atomic E-state index is 0.491. The van der Waals surface area contributed by atoms with Gasteiger partial charge in [0.05, 0.1) is 0 Å². The molecule has 0 atom stereocenters. The van der Waals surface area contributed by atoms with Crippen molar-refractivity contribution < 1.29 is 4.74 Å². The van der Waals surface area contributed by atoms with Crippen molar-refractivity contribution in [1.29, 1.82) is 5.41 Å². The molecule has 0 rings (SSSR count). The molecule has 68 valence electrons. The summed E-state index contributed by atoms with van der Waals surface area (Å²) in [6.07, 6.45) is 8.28. The third-order valence-corrected chi connectivity index (χ3v) is 1.14.